The molecule has 0 bridgehead atoms. The fourth-order valence-corrected chi connectivity index (χ4v) is 2.28. The highest BCUT2D eigenvalue weighted by molar-refractivity contribution is 5.86. The van der Waals surface area contributed by atoms with Crippen LogP contribution in [0, 0.1) is 0 Å². The third-order valence-electron chi connectivity index (χ3n) is 3.19. The van der Waals surface area contributed by atoms with Gasteiger partial charge in [0.1, 0.15) is 5.82 Å². The number of nitrogen functional groups attached to an aromatic ring is 1. The topological polar surface area (TPSA) is 65.2 Å². The van der Waals surface area contributed by atoms with Crippen LogP contribution in [0.3, 0.4) is 0 Å². The number of benzene rings is 1. The molecule has 0 aliphatic heterocycles. The second kappa shape index (κ2) is 6.89. The number of fused-ring (bicyclic) bond motifs is 1. The molecule has 0 aliphatic carbocycles. The summed E-state index contributed by atoms with van der Waals surface area (Å²) < 4.78 is 4.91. The number of aryl methyl sites for hydroxylation is 1. The zero-order valence-corrected chi connectivity index (χ0v) is 11.8. The highest BCUT2D eigenvalue weighted by Gasteiger charge is 2.06. The third-order valence-corrected chi connectivity index (χ3v) is 3.19. The minimum Gasteiger partial charge on any atom is -0.466 e. The Bertz CT molecular complexity index is 596. The molecule has 0 saturated heterocycles. The Kier molecular flexibility index (Phi) is 4.93. The van der Waals surface area contributed by atoms with Gasteiger partial charge >= 0.3 is 5.97 Å². The van der Waals surface area contributed by atoms with Gasteiger partial charge in [-0.1, -0.05) is 24.3 Å². The van der Waals surface area contributed by atoms with Crippen LogP contribution in [0.4, 0.5) is 5.82 Å². The van der Waals surface area contributed by atoms with E-state index in [1.54, 1.807) is 0 Å². The molecule has 1 heterocycles. The van der Waals surface area contributed by atoms with Gasteiger partial charge in [-0.3, -0.25) is 4.79 Å². The van der Waals surface area contributed by atoms with Crippen LogP contribution >= 0.6 is 0 Å². The van der Waals surface area contributed by atoms with Gasteiger partial charge in [0, 0.05) is 11.8 Å². The Morgan fingerprint density at radius 2 is 2.10 bits per heavy atom. The van der Waals surface area contributed by atoms with E-state index < -0.39 is 0 Å². The molecule has 4 nitrogen and oxygen atoms in total. The van der Waals surface area contributed by atoms with Crippen molar-refractivity contribution in [2.75, 3.05) is 12.3 Å². The van der Waals surface area contributed by atoms with Gasteiger partial charge < -0.3 is 10.5 Å². The fraction of sp³-hybridized carbons (Fsp3) is 0.375. The van der Waals surface area contributed by atoms with Gasteiger partial charge in [-0.25, -0.2) is 4.98 Å². The Balaban J connectivity index is 1.98. The number of aromatic nitrogens is 1. The molecule has 1 aromatic heterocycles. The lowest BCUT2D eigenvalue weighted by molar-refractivity contribution is -0.143. The van der Waals surface area contributed by atoms with Crippen molar-refractivity contribution in [2.45, 2.75) is 32.6 Å². The Labute approximate surface area is 119 Å². The first-order chi connectivity index (χ1) is 9.70. The molecule has 20 heavy (non-hydrogen) atoms. The molecular formula is C16H20N2O2. The van der Waals surface area contributed by atoms with Gasteiger partial charge in [-0.05, 0) is 37.6 Å². The van der Waals surface area contributed by atoms with Crippen molar-refractivity contribution in [1.29, 1.82) is 0 Å². The Morgan fingerprint density at radius 1 is 1.30 bits per heavy atom. The van der Waals surface area contributed by atoms with Gasteiger partial charge in [0.2, 0.25) is 0 Å². The summed E-state index contributed by atoms with van der Waals surface area (Å²) >= 11 is 0. The largest absolute Gasteiger partial charge is 0.466 e. The summed E-state index contributed by atoms with van der Waals surface area (Å²) in [6.07, 6.45) is 3.00. The first-order valence-electron chi connectivity index (χ1n) is 7.00. The van der Waals surface area contributed by atoms with Crippen LogP contribution in [-0.2, 0) is 16.0 Å². The molecule has 0 unspecified atom stereocenters. The first kappa shape index (κ1) is 14.3. The van der Waals surface area contributed by atoms with Gasteiger partial charge in [0.05, 0.1) is 12.3 Å². The summed E-state index contributed by atoms with van der Waals surface area (Å²) in [5, 5.41) is 2.25. The van der Waals surface area contributed by atoms with Crippen molar-refractivity contribution in [3.63, 3.8) is 0 Å². The monoisotopic (exact) mass is 272 g/mol. The molecule has 0 saturated carbocycles. The van der Waals surface area contributed by atoms with Crippen LogP contribution in [-0.4, -0.2) is 17.6 Å². The minimum absolute atomic E-state index is 0.127. The average molecular weight is 272 g/mol. The number of nitrogens with two attached hydrogens (primary N) is 1. The van der Waals surface area contributed by atoms with E-state index >= 15 is 0 Å². The maximum atomic E-state index is 11.3. The van der Waals surface area contributed by atoms with E-state index in [4.69, 9.17) is 10.5 Å². The number of pyridine rings is 1. The quantitative estimate of drug-likeness (QED) is 0.648. The minimum atomic E-state index is -0.127. The van der Waals surface area contributed by atoms with E-state index in [9.17, 15) is 4.79 Å². The number of esters is 1. The van der Waals surface area contributed by atoms with Crippen LogP contribution in [0.5, 0.6) is 0 Å². The number of ether oxygens (including phenoxy) is 1. The molecule has 0 spiro atoms. The van der Waals surface area contributed by atoms with Crippen molar-refractivity contribution in [1.82, 2.24) is 4.98 Å². The van der Waals surface area contributed by atoms with Crippen molar-refractivity contribution in [3.05, 3.63) is 36.0 Å². The highest BCUT2D eigenvalue weighted by atomic mass is 16.5. The smallest absolute Gasteiger partial charge is 0.305 e. The summed E-state index contributed by atoms with van der Waals surface area (Å²) in [6.45, 7) is 2.26. The molecule has 0 aliphatic rings. The Morgan fingerprint density at radius 3 is 2.90 bits per heavy atom. The van der Waals surface area contributed by atoms with Crippen molar-refractivity contribution >= 4 is 22.6 Å². The van der Waals surface area contributed by atoms with E-state index in [1.807, 2.05) is 31.2 Å². The summed E-state index contributed by atoms with van der Waals surface area (Å²) in [5.74, 6) is 0.419. The second-order valence-corrected chi connectivity index (χ2v) is 4.73. The second-order valence-electron chi connectivity index (χ2n) is 4.73. The van der Waals surface area contributed by atoms with Crippen LogP contribution in [0.25, 0.3) is 10.8 Å². The maximum absolute atomic E-state index is 11.3. The zero-order chi connectivity index (χ0) is 14.4. The van der Waals surface area contributed by atoms with Gasteiger partial charge in [0.25, 0.3) is 0 Å². The van der Waals surface area contributed by atoms with E-state index in [1.165, 1.54) is 0 Å². The molecule has 0 fully saturated rings. The molecule has 2 rings (SSSR count). The number of rotatable bonds is 6. The molecule has 1 aromatic carbocycles. The SMILES string of the molecule is CCOC(=O)CCCCc1nc(N)cc2ccccc12. The summed E-state index contributed by atoms with van der Waals surface area (Å²) in [7, 11) is 0. The van der Waals surface area contributed by atoms with E-state index in [0.29, 0.717) is 18.8 Å². The fourth-order valence-electron chi connectivity index (χ4n) is 2.28. The molecule has 106 valence electrons. The molecule has 2 aromatic rings. The third kappa shape index (κ3) is 3.70. The lowest BCUT2D eigenvalue weighted by atomic mass is 10.0. The Hall–Kier alpha value is -2.10. The van der Waals surface area contributed by atoms with Crippen LogP contribution < -0.4 is 5.73 Å². The van der Waals surface area contributed by atoms with Gasteiger partial charge in [0.15, 0.2) is 0 Å². The van der Waals surface area contributed by atoms with Crippen molar-refractivity contribution in [3.8, 4) is 0 Å². The summed E-state index contributed by atoms with van der Waals surface area (Å²) in [5.41, 5.74) is 6.84. The molecular weight excluding hydrogens is 252 g/mol. The first-order valence-corrected chi connectivity index (χ1v) is 7.00. The van der Waals surface area contributed by atoms with E-state index in [0.717, 1.165) is 35.7 Å². The molecule has 4 heteroatoms. The van der Waals surface area contributed by atoms with Crippen LogP contribution in [0.15, 0.2) is 30.3 Å². The average Bonchev–Trinajstić information content (AvgIpc) is 2.43. The number of hydrogen-bond donors (Lipinski definition) is 1. The number of nitrogens with zero attached hydrogens (tertiary/aromatic N) is 1. The number of hydrogen-bond acceptors (Lipinski definition) is 4. The van der Waals surface area contributed by atoms with Crippen molar-refractivity contribution < 1.29 is 9.53 Å². The van der Waals surface area contributed by atoms with E-state index in [-0.39, 0.29) is 5.97 Å². The highest BCUT2D eigenvalue weighted by Crippen LogP contribution is 2.21. The number of anilines is 1. The standard InChI is InChI=1S/C16H20N2O2/c1-2-20-16(19)10-6-5-9-14-13-8-4-3-7-12(13)11-15(17)18-14/h3-4,7-8,11H,2,5-6,9-10H2,1H3,(H2,17,18). The van der Waals surface area contributed by atoms with E-state index in [2.05, 4.69) is 11.1 Å². The maximum Gasteiger partial charge on any atom is 0.305 e. The van der Waals surface area contributed by atoms with Crippen LogP contribution in [0.1, 0.15) is 31.9 Å². The summed E-state index contributed by atoms with van der Waals surface area (Å²) in [4.78, 5) is 15.7. The predicted octanol–water partition coefficient (Wildman–Crippen LogP) is 3.09. The predicted molar refractivity (Wildman–Crippen MR) is 80.3 cm³/mol. The molecule has 0 radical (unpaired) electrons. The normalized spacial score (nSPS) is 10.7. The number of carbonyl (C=O) groups excluding carboxylic acids is 1. The van der Waals surface area contributed by atoms with Crippen LogP contribution in [0.2, 0.25) is 0 Å². The number of unbranched alkanes of at least 4 members (excludes halogenated alkanes) is 1. The zero-order valence-electron chi connectivity index (χ0n) is 11.8. The molecule has 2 N–H and O–H groups in total. The lowest BCUT2D eigenvalue weighted by Gasteiger charge is -2.07. The summed E-state index contributed by atoms with van der Waals surface area (Å²) in [6, 6.07) is 9.98. The molecule has 0 atom stereocenters. The molecule has 0 amide bonds. The number of carbonyl (C=O) groups is 1. The van der Waals surface area contributed by atoms with Crippen molar-refractivity contribution in [2.24, 2.45) is 0 Å². The van der Waals surface area contributed by atoms with Gasteiger partial charge in [-0.15, -0.1) is 0 Å². The lowest BCUT2D eigenvalue weighted by Crippen LogP contribution is -2.04. The van der Waals surface area contributed by atoms with Gasteiger partial charge in [-0.2, -0.15) is 0 Å².